The van der Waals surface area contributed by atoms with E-state index in [2.05, 4.69) is 11.5 Å². The number of nitrogens with two attached hydrogens (primary N) is 1. The van der Waals surface area contributed by atoms with Gasteiger partial charge in [0.15, 0.2) is 0 Å². The molecule has 0 saturated heterocycles. The molecule has 1 fully saturated rings. The summed E-state index contributed by atoms with van der Waals surface area (Å²) in [6, 6.07) is 0.583. The number of hydrogen-bond acceptors (Lipinski definition) is 3. The molecule has 106 valence electrons. The van der Waals surface area contributed by atoms with Crippen LogP contribution in [0, 0.1) is 13.8 Å². The van der Waals surface area contributed by atoms with Gasteiger partial charge in [0.1, 0.15) is 0 Å². The van der Waals surface area contributed by atoms with Gasteiger partial charge in [0.2, 0.25) is 0 Å². The van der Waals surface area contributed by atoms with Crippen LogP contribution in [-0.4, -0.2) is 23.7 Å². The maximum Gasteiger partial charge on any atom is 0.340 e. The second-order valence-electron chi connectivity index (χ2n) is 5.24. The lowest BCUT2D eigenvalue weighted by Crippen LogP contribution is -2.09. The van der Waals surface area contributed by atoms with Crippen LogP contribution in [0.5, 0.6) is 0 Å². The highest BCUT2D eigenvalue weighted by Gasteiger charge is 2.31. The molecule has 0 spiro atoms. The van der Waals surface area contributed by atoms with Gasteiger partial charge in [-0.05, 0) is 58.6 Å². The molecule has 0 amide bonds. The molecule has 0 atom stereocenters. The largest absolute Gasteiger partial charge is 0.462 e. The molecule has 2 N–H and O–H groups in total. The molecule has 4 nitrogen and oxygen atoms in total. The average molecular weight is 264 g/mol. The van der Waals surface area contributed by atoms with E-state index in [1.165, 1.54) is 18.5 Å². The smallest absolute Gasteiger partial charge is 0.340 e. The van der Waals surface area contributed by atoms with Crippen molar-refractivity contribution in [2.45, 2.75) is 52.5 Å². The molecular weight excluding hydrogens is 240 g/mol. The van der Waals surface area contributed by atoms with Gasteiger partial charge in [-0.25, -0.2) is 4.79 Å². The van der Waals surface area contributed by atoms with E-state index in [-0.39, 0.29) is 5.97 Å². The summed E-state index contributed by atoms with van der Waals surface area (Å²) in [5, 5.41) is 0. The van der Waals surface area contributed by atoms with Gasteiger partial charge in [-0.15, -0.1) is 0 Å². The minimum atomic E-state index is -0.186. The van der Waals surface area contributed by atoms with Gasteiger partial charge in [-0.2, -0.15) is 0 Å². The Bertz CT molecular complexity index is 473. The maximum absolute atomic E-state index is 12.2. The zero-order valence-electron chi connectivity index (χ0n) is 12.2. The summed E-state index contributed by atoms with van der Waals surface area (Å²) >= 11 is 0. The molecule has 0 aliphatic heterocycles. The van der Waals surface area contributed by atoms with Gasteiger partial charge in [0.05, 0.1) is 12.2 Å². The Labute approximate surface area is 114 Å². The van der Waals surface area contributed by atoms with Crippen molar-refractivity contribution in [3.63, 3.8) is 0 Å². The van der Waals surface area contributed by atoms with Crippen LogP contribution in [0.25, 0.3) is 0 Å². The van der Waals surface area contributed by atoms with Gasteiger partial charge < -0.3 is 15.0 Å². The van der Waals surface area contributed by atoms with Crippen LogP contribution in [0.15, 0.2) is 0 Å². The highest BCUT2D eigenvalue weighted by atomic mass is 16.5. The number of carbonyl (C=O) groups is 1. The monoisotopic (exact) mass is 264 g/mol. The van der Waals surface area contributed by atoms with Crippen LogP contribution in [-0.2, 0) is 11.2 Å². The fourth-order valence-electron chi connectivity index (χ4n) is 2.86. The fraction of sp³-hybridized carbons (Fsp3) is 0.667. The summed E-state index contributed by atoms with van der Waals surface area (Å²) in [7, 11) is 0. The van der Waals surface area contributed by atoms with E-state index in [0.29, 0.717) is 19.2 Å². The summed E-state index contributed by atoms with van der Waals surface area (Å²) < 4.78 is 7.53. The Kier molecular flexibility index (Phi) is 4.30. The van der Waals surface area contributed by atoms with Crippen molar-refractivity contribution in [1.82, 2.24) is 4.57 Å². The lowest BCUT2D eigenvalue weighted by Gasteiger charge is -2.07. The molecule has 1 aliphatic rings. The zero-order valence-corrected chi connectivity index (χ0v) is 12.2. The Morgan fingerprint density at radius 1 is 1.37 bits per heavy atom. The standard InChI is InChI=1S/C15H24N2O2/c1-4-19-15(18)14-11(3)17(12-7-8-12)10(2)13(14)6-5-9-16/h12H,4-9,16H2,1-3H3. The predicted molar refractivity (Wildman–Crippen MR) is 75.5 cm³/mol. The van der Waals surface area contributed by atoms with Crippen molar-refractivity contribution < 1.29 is 9.53 Å². The molecule has 19 heavy (non-hydrogen) atoms. The van der Waals surface area contributed by atoms with Crippen molar-refractivity contribution in [2.24, 2.45) is 5.73 Å². The van der Waals surface area contributed by atoms with Crippen molar-refractivity contribution in [1.29, 1.82) is 0 Å². The number of hydrogen-bond donors (Lipinski definition) is 1. The first-order valence-electron chi connectivity index (χ1n) is 7.19. The lowest BCUT2D eigenvalue weighted by molar-refractivity contribution is 0.0524. The number of esters is 1. The predicted octanol–water partition coefficient (Wildman–Crippen LogP) is 2.51. The van der Waals surface area contributed by atoms with E-state index in [4.69, 9.17) is 10.5 Å². The third-order valence-corrected chi connectivity index (χ3v) is 3.85. The summed E-state index contributed by atoms with van der Waals surface area (Å²) in [6.07, 6.45) is 4.20. The minimum absolute atomic E-state index is 0.186. The van der Waals surface area contributed by atoms with Crippen molar-refractivity contribution in [3.05, 3.63) is 22.5 Å². The first-order chi connectivity index (χ1) is 9.11. The molecule has 0 radical (unpaired) electrons. The maximum atomic E-state index is 12.2. The molecular formula is C15H24N2O2. The number of carbonyl (C=O) groups excluding carboxylic acids is 1. The van der Waals surface area contributed by atoms with Crippen molar-refractivity contribution in [3.8, 4) is 0 Å². The molecule has 0 aromatic carbocycles. The lowest BCUT2D eigenvalue weighted by atomic mass is 10.0. The molecule has 0 unspecified atom stereocenters. The van der Waals surface area contributed by atoms with E-state index in [0.717, 1.165) is 29.7 Å². The van der Waals surface area contributed by atoms with Gasteiger partial charge >= 0.3 is 5.97 Å². The van der Waals surface area contributed by atoms with Gasteiger partial charge in [-0.3, -0.25) is 0 Å². The highest BCUT2D eigenvalue weighted by Crippen LogP contribution is 2.40. The molecule has 1 aromatic heterocycles. The third-order valence-electron chi connectivity index (χ3n) is 3.85. The van der Waals surface area contributed by atoms with Gasteiger partial charge in [-0.1, -0.05) is 0 Å². The van der Waals surface area contributed by atoms with Crippen molar-refractivity contribution >= 4 is 5.97 Å². The van der Waals surface area contributed by atoms with Crippen LogP contribution in [0.1, 0.15) is 59.5 Å². The van der Waals surface area contributed by atoms with Crippen LogP contribution in [0.3, 0.4) is 0 Å². The van der Waals surface area contributed by atoms with Gasteiger partial charge in [0, 0.05) is 17.4 Å². The summed E-state index contributed by atoms with van der Waals surface area (Å²) in [6.45, 7) is 7.05. The molecule has 1 saturated carbocycles. The van der Waals surface area contributed by atoms with E-state index < -0.39 is 0 Å². The van der Waals surface area contributed by atoms with Crippen molar-refractivity contribution in [2.75, 3.05) is 13.2 Å². The Morgan fingerprint density at radius 2 is 2.05 bits per heavy atom. The van der Waals surface area contributed by atoms with E-state index >= 15 is 0 Å². The van der Waals surface area contributed by atoms with Gasteiger partial charge in [0.25, 0.3) is 0 Å². The first-order valence-corrected chi connectivity index (χ1v) is 7.19. The van der Waals surface area contributed by atoms with Crippen LogP contribution in [0.4, 0.5) is 0 Å². The second kappa shape index (κ2) is 5.78. The molecule has 1 aromatic rings. The molecule has 2 rings (SSSR count). The van der Waals surface area contributed by atoms with Crippen LogP contribution < -0.4 is 5.73 Å². The Morgan fingerprint density at radius 3 is 2.58 bits per heavy atom. The summed E-state index contributed by atoms with van der Waals surface area (Å²) in [5.74, 6) is -0.186. The molecule has 0 bridgehead atoms. The fourth-order valence-corrected chi connectivity index (χ4v) is 2.86. The topological polar surface area (TPSA) is 57.2 Å². The van der Waals surface area contributed by atoms with E-state index in [9.17, 15) is 4.79 Å². The zero-order chi connectivity index (χ0) is 14.0. The minimum Gasteiger partial charge on any atom is -0.462 e. The van der Waals surface area contributed by atoms with E-state index in [1.54, 1.807) is 0 Å². The third kappa shape index (κ3) is 2.68. The summed E-state index contributed by atoms with van der Waals surface area (Å²) in [4.78, 5) is 12.2. The van der Waals surface area contributed by atoms with Crippen LogP contribution in [0.2, 0.25) is 0 Å². The first kappa shape index (κ1) is 14.1. The Hall–Kier alpha value is -1.29. The Balaban J connectivity index is 2.42. The number of aromatic nitrogens is 1. The molecule has 4 heteroatoms. The normalized spacial score (nSPS) is 14.7. The summed E-state index contributed by atoms with van der Waals surface area (Å²) in [5.41, 5.74) is 9.80. The second-order valence-corrected chi connectivity index (χ2v) is 5.24. The SMILES string of the molecule is CCOC(=O)c1c(CCCN)c(C)n(C2CC2)c1C. The van der Waals surface area contributed by atoms with E-state index in [1.807, 2.05) is 13.8 Å². The highest BCUT2D eigenvalue weighted by molar-refractivity contribution is 5.93. The number of rotatable bonds is 6. The quantitative estimate of drug-likeness (QED) is 0.803. The van der Waals surface area contributed by atoms with Crippen LogP contribution >= 0.6 is 0 Å². The number of nitrogens with zero attached hydrogens (tertiary/aromatic N) is 1. The molecule has 1 heterocycles. The average Bonchev–Trinajstić information content (AvgIpc) is 3.15. The number of ether oxygens (including phenoxy) is 1. The molecule has 1 aliphatic carbocycles.